The van der Waals surface area contributed by atoms with Crippen LogP contribution in [0.15, 0.2) is 36.9 Å². The zero-order valence-corrected chi connectivity index (χ0v) is 11.8. The quantitative estimate of drug-likeness (QED) is 0.909. The van der Waals surface area contributed by atoms with Gasteiger partial charge < -0.3 is 5.11 Å². The van der Waals surface area contributed by atoms with Crippen LogP contribution in [0.2, 0.25) is 0 Å². The molecule has 0 bridgehead atoms. The average molecular weight is 290 g/mol. The maximum absolute atomic E-state index is 13.7. The zero-order chi connectivity index (χ0) is 14.7. The number of aliphatic hydroxyl groups is 1. The second kappa shape index (κ2) is 6.32. The Bertz CT molecular complexity index is 575. The number of likely N-dealkylation sites (tertiary alicyclic amines) is 1. The molecule has 3 rings (SSSR count). The summed E-state index contributed by atoms with van der Waals surface area (Å²) < 4.78 is 15.5. The predicted molar refractivity (Wildman–Crippen MR) is 76.0 cm³/mol. The van der Waals surface area contributed by atoms with Crippen LogP contribution in [0.5, 0.6) is 0 Å². The Morgan fingerprint density at radius 3 is 3.00 bits per heavy atom. The fourth-order valence-corrected chi connectivity index (χ4v) is 2.95. The van der Waals surface area contributed by atoms with Crippen molar-refractivity contribution in [2.75, 3.05) is 13.1 Å². The van der Waals surface area contributed by atoms with Gasteiger partial charge in [-0.25, -0.2) is 9.37 Å². The van der Waals surface area contributed by atoms with Crippen LogP contribution in [-0.4, -0.2) is 43.9 Å². The van der Waals surface area contributed by atoms with Crippen molar-refractivity contribution in [3.05, 3.63) is 48.3 Å². The molecule has 2 aromatic rings. The van der Waals surface area contributed by atoms with Gasteiger partial charge in [0.05, 0.1) is 12.6 Å². The van der Waals surface area contributed by atoms with Crippen LogP contribution in [0.25, 0.3) is 0 Å². The summed E-state index contributed by atoms with van der Waals surface area (Å²) in [6, 6.07) is 6.72. The number of benzene rings is 1. The van der Waals surface area contributed by atoms with E-state index >= 15 is 0 Å². The lowest BCUT2D eigenvalue weighted by Crippen LogP contribution is -2.36. The zero-order valence-electron chi connectivity index (χ0n) is 11.8. The normalized spacial score (nSPS) is 20.8. The first-order chi connectivity index (χ1) is 10.2. The van der Waals surface area contributed by atoms with Gasteiger partial charge in [0.2, 0.25) is 0 Å². The molecule has 0 amide bonds. The molecule has 2 atom stereocenters. The second-order valence-electron chi connectivity index (χ2n) is 5.45. The minimum atomic E-state index is -0.803. The van der Waals surface area contributed by atoms with Gasteiger partial charge in [0.25, 0.3) is 0 Å². The SMILES string of the molecule is OC(CN1CCCC1Cn1cncn1)c1ccccc1F. The molecule has 1 aromatic carbocycles. The molecule has 1 aromatic heterocycles. The lowest BCUT2D eigenvalue weighted by molar-refractivity contribution is 0.0977. The average Bonchev–Trinajstić information content (AvgIpc) is 3.12. The Morgan fingerprint density at radius 1 is 1.38 bits per heavy atom. The molecule has 0 saturated carbocycles. The minimum absolute atomic E-state index is 0.313. The maximum Gasteiger partial charge on any atom is 0.137 e. The van der Waals surface area contributed by atoms with Crippen molar-refractivity contribution in [2.45, 2.75) is 31.5 Å². The summed E-state index contributed by atoms with van der Waals surface area (Å²) in [6.45, 7) is 2.12. The van der Waals surface area contributed by atoms with Crippen molar-refractivity contribution >= 4 is 0 Å². The Kier molecular flexibility index (Phi) is 4.26. The van der Waals surface area contributed by atoms with E-state index in [0.717, 1.165) is 25.9 Å². The molecule has 1 fully saturated rings. The number of aliphatic hydroxyl groups excluding tert-OH is 1. The number of nitrogens with zero attached hydrogens (tertiary/aromatic N) is 4. The van der Waals surface area contributed by atoms with Crippen molar-refractivity contribution < 1.29 is 9.50 Å². The van der Waals surface area contributed by atoms with Gasteiger partial charge in [0.15, 0.2) is 0 Å². The largest absolute Gasteiger partial charge is 0.387 e. The molecule has 1 aliphatic rings. The lowest BCUT2D eigenvalue weighted by Gasteiger charge is -2.26. The number of hydrogen-bond donors (Lipinski definition) is 1. The molecule has 6 heteroatoms. The van der Waals surface area contributed by atoms with Gasteiger partial charge >= 0.3 is 0 Å². The van der Waals surface area contributed by atoms with Gasteiger partial charge in [-0.2, -0.15) is 5.10 Å². The van der Waals surface area contributed by atoms with E-state index in [1.807, 2.05) is 0 Å². The van der Waals surface area contributed by atoms with Crippen molar-refractivity contribution in [1.82, 2.24) is 19.7 Å². The number of halogens is 1. The van der Waals surface area contributed by atoms with Crippen molar-refractivity contribution in [1.29, 1.82) is 0 Å². The Balaban J connectivity index is 1.64. The molecule has 1 aliphatic heterocycles. The molecule has 0 spiro atoms. The van der Waals surface area contributed by atoms with Crippen LogP contribution in [0.1, 0.15) is 24.5 Å². The third kappa shape index (κ3) is 3.28. The monoisotopic (exact) mass is 290 g/mol. The Labute approximate surface area is 123 Å². The molecule has 2 unspecified atom stereocenters. The van der Waals surface area contributed by atoms with Crippen molar-refractivity contribution in [3.8, 4) is 0 Å². The topological polar surface area (TPSA) is 54.2 Å². The number of hydrogen-bond acceptors (Lipinski definition) is 4. The highest BCUT2D eigenvalue weighted by Gasteiger charge is 2.27. The van der Waals surface area contributed by atoms with Crippen LogP contribution in [-0.2, 0) is 6.54 Å². The van der Waals surface area contributed by atoms with Crippen molar-refractivity contribution in [2.24, 2.45) is 0 Å². The molecule has 1 N–H and O–H groups in total. The summed E-state index contributed by atoms with van der Waals surface area (Å²) >= 11 is 0. The highest BCUT2D eigenvalue weighted by Crippen LogP contribution is 2.24. The third-order valence-corrected chi connectivity index (χ3v) is 4.04. The van der Waals surface area contributed by atoms with Crippen LogP contribution >= 0.6 is 0 Å². The Hall–Kier alpha value is -1.79. The van der Waals surface area contributed by atoms with Crippen molar-refractivity contribution in [3.63, 3.8) is 0 Å². The molecule has 0 aliphatic carbocycles. The second-order valence-corrected chi connectivity index (χ2v) is 5.45. The first kappa shape index (κ1) is 14.2. The number of rotatable bonds is 5. The van der Waals surface area contributed by atoms with Gasteiger partial charge in [0.1, 0.15) is 18.5 Å². The van der Waals surface area contributed by atoms with E-state index in [-0.39, 0.29) is 5.82 Å². The van der Waals surface area contributed by atoms with Crippen LogP contribution in [0.3, 0.4) is 0 Å². The standard InChI is InChI=1S/C15H19FN4O/c16-14-6-2-1-5-13(14)15(21)9-19-7-3-4-12(19)8-20-11-17-10-18-20/h1-2,5-6,10-12,15,21H,3-4,7-9H2. The lowest BCUT2D eigenvalue weighted by atomic mass is 10.1. The summed E-state index contributed by atoms with van der Waals surface area (Å²) in [7, 11) is 0. The highest BCUT2D eigenvalue weighted by atomic mass is 19.1. The third-order valence-electron chi connectivity index (χ3n) is 4.04. The van der Waals surface area contributed by atoms with Gasteiger partial charge in [-0.3, -0.25) is 9.58 Å². The fraction of sp³-hybridized carbons (Fsp3) is 0.467. The first-order valence-electron chi connectivity index (χ1n) is 7.23. The fourth-order valence-electron chi connectivity index (χ4n) is 2.95. The molecule has 2 heterocycles. The highest BCUT2D eigenvalue weighted by molar-refractivity contribution is 5.20. The molecule has 5 nitrogen and oxygen atoms in total. The number of aromatic nitrogens is 3. The summed E-state index contributed by atoms with van der Waals surface area (Å²) in [4.78, 5) is 6.15. The van der Waals surface area contributed by atoms with Gasteiger partial charge in [0, 0.05) is 18.2 Å². The van der Waals surface area contributed by atoms with Crippen LogP contribution in [0.4, 0.5) is 4.39 Å². The molecule has 1 saturated heterocycles. The molecule has 0 radical (unpaired) electrons. The molecular weight excluding hydrogens is 271 g/mol. The number of β-amino-alcohol motifs (C(OH)–C–C–N with tert-alkyl or cyclic N) is 1. The van der Waals surface area contributed by atoms with E-state index < -0.39 is 6.10 Å². The molecule has 21 heavy (non-hydrogen) atoms. The van der Waals surface area contributed by atoms with E-state index in [2.05, 4.69) is 15.0 Å². The van der Waals surface area contributed by atoms with E-state index in [9.17, 15) is 9.50 Å². The maximum atomic E-state index is 13.7. The van der Waals surface area contributed by atoms with E-state index in [4.69, 9.17) is 0 Å². The summed E-state index contributed by atoms with van der Waals surface area (Å²) in [6.07, 6.45) is 4.56. The van der Waals surface area contributed by atoms with Gasteiger partial charge in [-0.05, 0) is 25.5 Å². The smallest absolute Gasteiger partial charge is 0.137 e. The van der Waals surface area contributed by atoms with Gasteiger partial charge in [-0.15, -0.1) is 0 Å². The van der Waals surface area contributed by atoms with Crippen LogP contribution in [0, 0.1) is 5.82 Å². The minimum Gasteiger partial charge on any atom is -0.387 e. The Morgan fingerprint density at radius 2 is 2.24 bits per heavy atom. The predicted octanol–water partition coefficient (Wildman–Crippen LogP) is 1.62. The summed E-state index contributed by atoms with van der Waals surface area (Å²) in [5, 5.41) is 14.4. The molecule has 112 valence electrons. The van der Waals surface area contributed by atoms with E-state index in [1.165, 1.54) is 12.4 Å². The summed E-state index contributed by atoms with van der Waals surface area (Å²) in [5.41, 5.74) is 0.365. The molecular formula is C15H19FN4O. The van der Waals surface area contributed by atoms with Gasteiger partial charge in [-0.1, -0.05) is 18.2 Å². The van der Waals surface area contributed by atoms with E-state index in [1.54, 1.807) is 29.2 Å². The summed E-state index contributed by atoms with van der Waals surface area (Å²) in [5.74, 6) is -0.350. The first-order valence-corrected chi connectivity index (χ1v) is 7.23. The van der Waals surface area contributed by atoms with E-state index in [0.29, 0.717) is 18.2 Å². The van der Waals surface area contributed by atoms with Crippen LogP contribution < -0.4 is 0 Å².